The Balaban J connectivity index is 2.73. The van der Waals surface area contributed by atoms with E-state index in [4.69, 9.17) is 16.7 Å². The fourth-order valence-electron chi connectivity index (χ4n) is 0.659. The lowest BCUT2D eigenvalue weighted by molar-refractivity contribution is 0.386. The number of aliphatic hydroxyl groups is 1. The van der Waals surface area contributed by atoms with Crippen LogP contribution in [-0.4, -0.2) is 8.89 Å². The molecule has 0 fully saturated rings. The van der Waals surface area contributed by atoms with Crippen LogP contribution >= 0.6 is 27.5 Å². The van der Waals surface area contributed by atoms with E-state index in [1.165, 1.54) is 0 Å². The standard InChI is InChI=1S/C6H6BrClO/c7-6(8)3-1-2-5(9)4-6/h1-3,9H,4H2. The van der Waals surface area contributed by atoms with Crippen LogP contribution in [-0.2, 0) is 0 Å². The van der Waals surface area contributed by atoms with E-state index in [1.54, 1.807) is 18.2 Å². The van der Waals surface area contributed by atoms with Gasteiger partial charge >= 0.3 is 0 Å². The third-order valence-electron chi connectivity index (χ3n) is 1.05. The molecule has 1 aliphatic rings. The monoisotopic (exact) mass is 208 g/mol. The minimum Gasteiger partial charge on any atom is -0.512 e. The van der Waals surface area contributed by atoms with Gasteiger partial charge in [0.05, 0.1) is 5.76 Å². The highest BCUT2D eigenvalue weighted by Crippen LogP contribution is 2.34. The molecule has 0 bridgehead atoms. The molecule has 0 amide bonds. The molecule has 3 heteroatoms. The van der Waals surface area contributed by atoms with Crippen LogP contribution in [0.2, 0.25) is 0 Å². The first-order chi connectivity index (χ1) is 4.10. The number of rotatable bonds is 0. The number of alkyl halides is 2. The molecular weight excluding hydrogens is 203 g/mol. The Hall–Kier alpha value is 0.0500. The summed E-state index contributed by atoms with van der Waals surface area (Å²) in [5, 5.41) is 8.94. The minimum absolute atomic E-state index is 0.310. The van der Waals surface area contributed by atoms with Gasteiger partial charge in [-0.05, 0) is 6.08 Å². The van der Waals surface area contributed by atoms with E-state index in [9.17, 15) is 0 Å². The lowest BCUT2D eigenvalue weighted by Crippen LogP contribution is -2.11. The van der Waals surface area contributed by atoms with E-state index < -0.39 is 3.78 Å². The fraction of sp³-hybridized carbons (Fsp3) is 0.333. The van der Waals surface area contributed by atoms with E-state index in [-0.39, 0.29) is 0 Å². The minimum atomic E-state index is -0.564. The Labute approximate surface area is 67.1 Å². The Morgan fingerprint density at radius 3 is 2.78 bits per heavy atom. The predicted molar refractivity (Wildman–Crippen MR) is 42.0 cm³/mol. The van der Waals surface area contributed by atoms with Gasteiger partial charge in [0.2, 0.25) is 0 Å². The molecule has 0 aliphatic heterocycles. The zero-order valence-corrected chi connectivity index (χ0v) is 6.98. The van der Waals surface area contributed by atoms with Crippen LogP contribution in [0.4, 0.5) is 0 Å². The molecule has 9 heavy (non-hydrogen) atoms. The van der Waals surface area contributed by atoms with E-state index in [0.717, 1.165) is 0 Å². The molecule has 0 radical (unpaired) electrons. The SMILES string of the molecule is OC1=CC=CC(Cl)(Br)C1. The van der Waals surface area contributed by atoms with E-state index >= 15 is 0 Å². The molecule has 1 atom stereocenters. The molecule has 0 aromatic heterocycles. The Bertz CT molecular complexity index is 172. The molecule has 1 nitrogen and oxygen atoms in total. The highest BCUT2D eigenvalue weighted by Gasteiger charge is 2.22. The van der Waals surface area contributed by atoms with E-state index in [0.29, 0.717) is 12.2 Å². The van der Waals surface area contributed by atoms with Crippen molar-refractivity contribution < 1.29 is 5.11 Å². The van der Waals surface area contributed by atoms with Gasteiger partial charge < -0.3 is 5.11 Å². The second-order valence-corrected chi connectivity index (χ2v) is 4.50. The van der Waals surface area contributed by atoms with Gasteiger partial charge in [-0.25, -0.2) is 0 Å². The first-order valence-electron chi connectivity index (χ1n) is 2.55. The van der Waals surface area contributed by atoms with Crippen molar-refractivity contribution in [1.29, 1.82) is 0 Å². The lowest BCUT2D eigenvalue weighted by atomic mass is 10.1. The Kier molecular flexibility index (Phi) is 1.87. The largest absolute Gasteiger partial charge is 0.512 e. The summed E-state index contributed by atoms with van der Waals surface area (Å²) in [6.45, 7) is 0. The van der Waals surface area contributed by atoms with Crippen LogP contribution in [0.25, 0.3) is 0 Å². The normalized spacial score (nSPS) is 34.2. The molecule has 1 unspecified atom stereocenters. The Morgan fingerprint density at radius 1 is 1.78 bits per heavy atom. The van der Waals surface area contributed by atoms with Gasteiger partial charge in [0, 0.05) is 6.42 Å². The molecule has 0 aromatic carbocycles. The molecule has 0 aromatic rings. The molecule has 0 saturated carbocycles. The second-order valence-electron chi connectivity index (χ2n) is 1.95. The molecular formula is C6H6BrClO. The summed E-state index contributed by atoms with van der Waals surface area (Å²) in [6.07, 6.45) is 5.59. The van der Waals surface area contributed by atoms with Gasteiger partial charge in [-0.2, -0.15) is 0 Å². The topological polar surface area (TPSA) is 20.2 Å². The van der Waals surface area contributed by atoms with Crippen LogP contribution in [0.15, 0.2) is 24.0 Å². The summed E-state index contributed by atoms with van der Waals surface area (Å²) in [7, 11) is 0. The van der Waals surface area contributed by atoms with Crippen molar-refractivity contribution in [3.8, 4) is 0 Å². The summed E-state index contributed by atoms with van der Waals surface area (Å²) in [5.74, 6) is 0.310. The van der Waals surface area contributed by atoms with Crippen molar-refractivity contribution in [1.82, 2.24) is 0 Å². The third kappa shape index (κ3) is 2.03. The van der Waals surface area contributed by atoms with Crippen molar-refractivity contribution >= 4 is 27.5 Å². The maximum absolute atomic E-state index is 8.94. The van der Waals surface area contributed by atoms with Crippen molar-refractivity contribution in [3.05, 3.63) is 24.0 Å². The number of aliphatic hydroxyl groups excluding tert-OH is 1. The molecule has 1 aliphatic carbocycles. The fourth-order valence-corrected chi connectivity index (χ4v) is 1.31. The molecule has 0 heterocycles. The van der Waals surface area contributed by atoms with E-state index in [1.807, 2.05) is 0 Å². The van der Waals surface area contributed by atoms with Crippen molar-refractivity contribution in [3.63, 3.8) is 0 Å². The lowest BCUT2D eigenvalue weighted by Gasteiger charge is -2.16. The summed E-state index contributed by atoms with van der Waals surface area (Å²) in [6, 6.07) is 0. The summed E-state index contributed by atoms with van der Waals surface area (Å²) in [4.78, 5) is 0. The smallest absolute Gasteiger partial charge is 0.124 e. The van der Waals surface area contributed by atoms with Gasteiger partial charge in [-0.1, -0.05) is 28.1 Å². The maximum Gasteiger partial charge on any atom is 0.124 e. The van der Waals surface area contributed by atoms with Gasteiger partial charge in [-0.15, -0.1) is 11.6 Å². The van der Waals surface area contributed by atoms with E-state index in [2.05, 4.69) is 15.9 Å². The van der Waals surface area contributed by atoms with Crippen molar-refractivity contribution in [2.45, 2.75) is 10.2 Å². The maximum atomic E-state index is 8.94. The zero-order chi connectivity index (χ0) is 6.91. The van der Waals surface area contributed by atoms with Crippen LogP contribution in [0.5, 0.6) is 0 Å². The van der Waals surface area contributed by atoms with Gasteiger partial charge in [0.25, 0.3) is 0 Å². The average molecular weight is 209 g/mol. The van der Waals surface area contributed by atoms with Crippen LogP contribution < -0.4 is 0 Å². The van der Waals surface area contributed by atoms with Gasteiger partial charge in [-0.3, -0.25) is 0 Å². The zero-order valence-electron chi connectivity index (χ0n) is 4.64. The van der Waals surface area contributed by atoms with Crippen molar-refractivity contribution in [2.24, 2.45) is 0 Å². The summed E-state index contributed by atoms with van der Waals surface area (Å²) in [5.41, 5.74) is 0. The molecule has 1 N–H and O–H groups in total. The third-order valence-corrected chi connectivity index (χ3v) is 1.85. The van der Waals surface area contributed by atoms with Crippen LogP contribution in [0.1, 0.15) is 6.42 Å². The van der Waals surface area contributed by atoms with Gasteiger partial charge in [0.1, 0.15) is 3.78 Å². The quantitative estimate of drug-likeness (QED) is 0.608. The molecule has 1 rings (SSSR count). The number of hydrogen-bond acceptors (Lipinski definition) is 1. The summed E-state index contributed by atoms with van der Waals surface area (Å²) < 4.78 is -0.564. The van der Waals surface area contributed by atoms with Crippen LogP contribution in [0.3, 0.4) is 0 Å². The molecule has 0 spiro atoms. The number of allylic oxidation sites excluding steroid dienone is 4. The Morgan fingerprint density at radius 2 is 2.44 bits per heavy atom. The summed E-state index contributed by atoms with van der Waals surface area (Å²) >= 11 is 9.01. The predicted octanol–water partition coefficient (Wildman–Crippen LogP) is 2.72. The van der Waals surface area contributed by atoms with Crippen molar-refractivity contribution in [2.75, 3.05) is 0 Å². The highest BCUT2D eigenvalue weighted by atomic mass is 79.9. The number of halogens is 2. The van der Waals surface area contributed by atoms with Crippen LogP contribution in [0, 0.1) is 0 Å². The first-order valence-corrected chi connectivity index (χ1v) is 3.72. The second kappa shape index (κ2) is 2.35. The highest BCUT2D eigenvalue weighted by molar-refractivity contribution is 9.10. The molecule has 50 valence electrons. The average Bonchev–Trinajstić information content (AvgIpc) is 1.60. The van der Waals surface area contributed by atoms with Gasteiger partial charge in [0.15, 0.2) is 0 Å². The number of hydrogen-bond donors (Lipinski definition) is 1. The first kappa shape index (κ1) is 7.16. The molecule has 0 saturated heterocycles.